The Kier molecular flexibility index (Phi) is 3.95. The summed E-state index contributed by atoms with van der Waals surface area (Å²) in [5.41, 5.74) is -0.521. The number of nitrogens with zero attached hydrogens (tertiary/aromatic N) is 2. The summed E-state index contributed by atoms with van der Waals surface area (Å²) < 4.78 is 27.0. The van der Waals surface area contributed by atoms with Crippen LogP contribution in [0.15, 0.2) is 47.5 Å². The zero-order valence-electron chi connectivity index (χ0n) is 12.2. The summed E-state index contributed by atoms with van der Waals surface area (Å²) in [4.78, 5) is 28.3. The average molecular weight is 331 g/mol. The summed E-state index contributed by atoms with van der Waals surface area (Å²) in [5.74, 6) is -2.91. The van der Waals surface area contributed by atoms with Crippen LogP contribution in [0.4, 0.5) is 8.78 Å². The van der Waals surface area contributed by atoms with Gasteiger partial charge in [0.25, 0.3) is 11.5 Å². The third-order valence-electron chi connectivity index (χ3n) is 3.39. The molecule has 0 atom stereocenters. The molecule has 0 spiro atoms. The number of nitrogens with one attached hydrogen (secondary N) is 1. The zero-order chi connectivity index (χ0) is 17.3. The number of hydrogen-bond acceptors (Lipinski definition) is 4. The first-order valence-corrected chi connectivity index (χ1v) is 6.89. The van der Waals surface area contributed by atoms with E-state index in [0.717, 1.165) is 22.7 Å². The smallest absolute Gasteiger partial charge is 0.270 e. The van der Waals surface area contributed by atoms with Crippen molar-refractivity contribution >= 4 is 11.6 Å². The van der Waals surface area contributed by atoms with Crippen molar-refractivity contribution in [2.24, 2.45) is 0 Å². The monoisotopic (exact) mass is 331 g/mol. The molecule has 3 aromatic rings. The van der Waals surface area contributed by atoms with Gasteiger partial charge in [-0.3, -0.25) is 14.0 Å². The molecule has 2 aromatic heterocycles. The van der Waals surface area contributed by atoms with Gasteiger partial charge in [0, 0.05) is 18.9 Å². The maximum absolute atomic E-state index is 13.1. The molecule has 0 fully saturated rings. The van der Waals surface area contributed by atoms with Gasteiger partial charge in [-0.25, -0.2) is 13.8 Å². The Bertz CT molecular complexity index is 1000. The number of rotatable bonds is 3. The maximum Gasteiger partial charge on any atom is 0.270 e. The lowest BCUT2D eigenvalue weighted by atomic mass is 10.2. The first kappa shape index (κ1) is 15.6. The van der Waals surface area contributed by atoms with E-state index < -0.39 is 23.1 Å². The van der Waals surface area contributed by atoms with Gasteiger partial charge in [0.05, 0.1) is 0 Å². The highest BCUT2D eigenvalue weighted by Gasteiger charge is 2.14. The van der Waals surface area contributed by atoms with Crippen molar-refractivity contribution in [3.63, 3.8) is 0 Å². The third-order valence-corrected chi connectivity index (χ3v) is 3.39. The molecule has 0 saturated heterocycles. The Morgan fingerprint density at radius 1 is 1.25 bits per heavy atom. The molecule has 24 heavy (non-hydrogen) atoms. The SMILES string of the molecule is O=C(NCc1ccc(F)c(F)c1)c1cnc2c(O)cccn2c1=O. The van der Waals surface area contributed by atoms with Gasteiger partial charge in [0.1, 0.15) is 5.56 Å². The van der Waals surface area contributed by atoms with Gasteiger partial charge in [-0.05, 0) is 29.8 Å². The number of fused-ring (bicyclic) bond motifs is 1. The molecule has 0 saturated carbocycles. The minimum absolute atomic E-state index is 0.0275. The molecule has 2 N–H and O–H groups in total. The van der Waals surface area contributed by atoms with Crippen LogP contribution in [0.25, 0.3) is 5.65 Å². The van der Waals surface area contributed by atoms with E-state index in [1.54, 1.807) is 0 Å². The molecule has 0 radical (unpaired) electrons. The minimum Gasteiger partial charge on any atom is -0.504 e. The molecule has 1 aromatic carbocycles. The van der Waals surface area contributed by atoms with Crippen LogP contribution in [-0.2, 0) is 6.54 Å². The van der Waals surface area contributed by atoms with Crippen molar-refractivity contribution in [1.82, 2.24) is 14.7 Å². The molecule has 0 aliphatic rings. The first-order chi connectivity index (χ1) is 11.5. The Morgan fingerprint density at radius 3 is 2.79 bits per heavy atom. The van der Waals surface area contributed by atoms with Gasteiger partial charge in [0.2, 0.25) is 0 Å². The standard InChI is InChI=1S/C16H11F2N3O3/c17-11-4-3-9(6-12(11)18)7-20-15(23)10-8-19-14-13(22)2-1-5-21(14)16(10)24/h1-6,8,22H,7H2,(H,20,23). The number of carbonyl (C=O) groups excluding carboxylic acids is 1. The number of aromatic nitrogens is 2. The Morgan fingerprint density at radius 2 is 2.04 bits per heavy atom. The molecule has 6 nitrogen and oxygen atoms in total. The van der Waals surface area contributed by atoms with Crippen molar-refractivity contribution in [3.8, 4) is 5.75 Å². The van der Waals surface area contributed by atoms with Crippen LogP contribution in [0, 0.1) is 11.6 Å². The van der Waals surface area contributed by atoms with Gasteiger partial charge >= 0.3 is 0 Å². The Labute approximate surface area is 134 Å². The molecular formula is C16H11F2N3O3. The highest BCUT2D eigenvalue weighted by atomic mass is 19.2. The van der Waals surface area contributed by atoms with E-state index in [1.165, 1.54) is 24.4 Å². The molecule has 2 heterocycles. The fourth-order valence-corrected chi connectivity index (χ4v) is 2.17. The fraction of sp³-hybridized carbons (Fsp3) is 0.0625. The second-order valence-electron chi connectivity index (χ2n) is 5.00. The maximum atomic E-state index is 13.1. The molecule has 0 bridgehead atoms. The highest BCUT2D eigenvalue weighted by Crippen LogP contribution is 2.13. The van der Waals surface area contributed by atoms with Gasteiger partial charge in [-0.15, -0.1) is 0 Å². The van der Waals surface area contributed by atoms with E-state index in [2.05, 4.69) is 10.3 Å². The van der Waals surface area contributed by atoms with E-state index in [4.69, 9.17) is 0 Å². The average Bonchev–Trinajstić information content (AvgIpc) is 2.57. The lowest BCUT2D eigenvalue weighted by molar-refractivity contribution is 0.0948. The number of benzene rings is 1. The number of carbonyl (C=O) groups is 1. The number of hydrogen-bond donors (Lipinski definition) is 2. The Hall–Kier alpha value is -3.29. The van der Waals surface area contributed by atoms with E-state index >= 15 is 0 Å². The molecule has 0 aliphatic heterocycles. The molecular weight excluding hydrogens is 320 g/mol. The summed E-state index contributed by atoms with van der Waals surface area (Å²) in [6, 6.07) is 6.03. The predicted molar refractivity (Wildman–Crippen MR) is 80.7 cm³/mol. The van der Waals surface area contributed by atoms with Crippen molar-refractivity contribution < 1.29 is 18.7 Å². The van der Waals surface area contributed by atoms with Gasteiger partial charge in [-0.1, -0.05) is 6.07 Å². The first-order valence-electron chi connectivity index (χ1n) is 6.89. The van der Waals surface area contributed by atoms with E-state index in [9.17, 15) is 23.5 Å². The second kappa shape index (κ2) is 6.07. The predicted octanol–water partition coefficient (Wildman–Crippen LogP) is 1.61. The number of pyridine rings is 1. The van der Waals surface area contributed by atoms with Crippen LogP contribution in [-0.4, -0.2) is 20.4 Å². The van der Waals surface area contributed by atoms with Crippen LogP contribution in [0.3, 0.4) is 0 Å². The lowest BCUT2D eigenvalue weighted by Gasteiger charge is -2.07. The van der Waals surface area contributed by atoms with Crippen molar-refractivity contribution in [2.45, 2.75) is 6.54 Å². The molecule has 8 heteroatoms. The number of aromatic hydroxyl groups is 1. The molecule has 0 unspecified atom stereocenters. The van der Waals surface area contributed by atoms with Crippen molar-refractivity contribution in [1.29, 1.82) is 0 Å². The number of halogens is 2. The Balaban J connectivity index is 1.85. The number of amides is 1. The van der Waals surface area contributed by atoms with E-state index in [-0.39, 0.29) is 23.5 Å². The van der Waals surface area contributed by atoms with Gasteiger partial charge in [-0.2, -0.15) is 0 Å². The lowest BCUT2D eigenvalue weighted by Crippen LogP contribution is -2.31. The minimum atomic E-state index is -1.02. The summed E-state index contributed by atoms with van der Waals surface area (Å²) in [5, 5.41) is 12.1. The van der Waals surface area contributed by atoms with Gasteiger partial charge < -0.3 is 10.4 Å². The topological polar surface area (TPSA) is 83.7 Å². The fourth-order valence-electron chi connectivity index (χ4n) is 2.17. The zero-order valence-corrected chi connectivity index (χ0v) is 12.2. The summed E-state index contributed by atoms with van der Waals surface area (Å²) in [6.07, 6.45) is 2.43. The summed E-state index contributed by atoms with van der Waals surface area (Å²) >= 11 is 0. The van der Waals surface area contributed by atoms with Crippen molar-refractivity contribution in [3.05, 3.63) is 75.8 Å². The van der Waals surface area contributed by atoms with Gasteiger partial charge in [0.15, 0.2) is 23.0 Å². The quantitative estimate of drug-likeness (QED) is 0.764. The van der Waals surface area contributed by atoms with Crippen LogP contribution in [0.1, 0.15) is 15.9 Å². The third kappa shape index (κ3) is 2.81. The summed E-state index contributed by atoms with van der Waals surface area (Å²) in [7, 11) is 0. The normalized spacial score (nSPS) is 10.8. The van der Waals surface area contributed by atoms with Crippen LogP contribution in [0.5, 0.6) is 5.75 Å². The molecule has 3 rings (SSSR count). The van der Waals surface area contributed by atoms with Crippen LogP contribution < -0.4 is 10.9 Å². The highest BCUT2D eigenvalue weighted by molar-refractivity contribution is 5.93. The second-order valence-corrected chi connectivity index (χ2v) is 5.00. The largest absolute Gasteiger partial charge is 0.504 e. The van der Waals surface area contributed by atoms with E-state index in [1.807, 2.05) is 0 Å². The summed E-state index contributed by atoms with van der Waals surface area (Å²) in [6.45, 7) is -0.0851. The molecule has 0 aliphatic carbocycles. The van der Waals surface area contributed by atoms with Crippen LogP contribution in [0.2, 0.25) is 0 Å². The molecule has 1 amide bonds. The van der Waals surface area contributed by atoms with E-state index in [0.29, 0.717) is 5.56 Å². The van der Waals surface area contributed by atoms with Crippen molar-refractivity contribution in [2.75, 3.05) is 0 Å². The molecule has 122 valence electrons. The van der Waals surface area contributed by atoms with Crippen LogP contribution >= 0.6 is 0 Å².